The maximum atomic E-state index is 13.7. The van der Waals surface area contributed by atoms with Crippen molar-refractivity contribution in [3.05, 3.63) is 52.7 Å². The number of amides is 2. The molecule has 2 amide bonds. The highest BCUT2D eigenvalue weighted by molar-refractivity contribution is 8.18. The first-order valence-corrected chi connectivity index (χ1v) is 9.34. The Morgan fingerprint density at radius 3 is 2.31 bits per heavy atom. The van der Waals surface area contributed by atoms with Crippen LogP contribution in [0.1, 0.15) is 5.56 Å². The zero-order chi connectivity index (χ0) is 21.0. The summed E-state index contributed by atoms with van der Waals surface area (Å²) < 4.78 is 29.6. The van der Waals surface area contributed by atoms with E-state index in [1.165, 1.54) is 33.5 Å². The van der Waals surface area contributed by atoms with Crippen LogP contribution in [-0.4, -0.2) is 44.0 Å². The molecule has 29 heavy (non-hydrogen) atoms. The van der Waals surface area contributed by atoms with Crippen LogP contribution in [0.25, 0.3) is 6.08 Å². The monoisotopic (exact) mass is 418 g/mol. The minimum Gasteiger partial charge on any atom is -0.493 e. The Bertz CT molecular complexity index is 954. The van der Waals surface area contributed by atoms with Crippen molar-refractivity contribution in [2.45, 2.75) is 0 Å². The van der Waals surface area contributed by atoms with Crippen LogP contribution in [0.15, 0.2) is 41.3 Å². The number of rotatable bonds is 7. The number of ether oxygens (including phenoxy) is 3. The number of anilines is 1. The van der Waals surface area contributed by atoms with Gasteiger partial charge in [-0.15, -0.1) is 0 Å². The molecule has 3 rings (SSSR count). The highest BCUT2D eigenvalue weighted by atomic mass is 32.2. The van der Waals surface area contributed by atoms with Crippen molar-refractivity contribution in [3.8, 4) is 17.2 Å². The fraction of sp³-hybridized carbons (Fsp3) is 0.200. The van der Waals surface area contributed by atoms with Gasteiger partial charge in [-0.1, -0.05) is 12.1 Å². The second-order valence-electron chi connectivity index (χ2n) is 5.88. The maximum absolute atomic E-state index is 13.7. The molecular weight excluding hydrogens is 399 g/mol. The van der Waals surface area contributed by atoms with E-state index in [-0.39, 0.29) is 17.3 Å². The molecule has 0 spiro atoms. The standard InChI is InChI=1S/C20H19FN2O5S/c1-26-15-8-12(9-16(27-2)18(15)28-3)10-17-19(24)23(20(25)29-17)11-22-14-7-5-4-6-13(14)21/h4-10,22H,11H2,1-3H3/b17-10-. The first-order chi connectivity index (χ1) is 14.0. The van der Waals surface area contributed by atoms with E-state index >= 15 is 0 Å². The Kier molecular flexibility index (Phi) is 6.28. The van der Waals surface area contributed by atoms with E-state index in [9.17, 15) is 14.0 Å². The van der Waals surface area contributed by atoms with Gasteiger partial charge in [0.1, 0.15) is 5.82 Å². The molecule has 1 saturated heterocycles. The lowest BCUT2D eigenvalue weighted by Gasteiger charge is -2.15. The minimum atomic E-state index is -0.474. The summed E-state index contributed by atoms with van der Waals surface area (Å²) in [7, 11) is 4.47. The molecule has 0 aromatic heterocycles. The lowest BCUT2D eigenvalue weighted by atomic mass is 10.1. The van der Waals surface area contributed by atoms with Gasteiger partial charge in [-0.2, -0.15) is 0 Å². The Hall–Kier alpha value is -3.20. The van der Waals surface area contributed by atoms with Gasteiger partial charge in [0.25, 0.3) is 11.1 Å². The number of hydrogen-bond acceptors (Lipinski definition) is 7. The number of halogens is 1. The number of nitrogens with one attached hydrogen (secondary N) is 1. The van der Waals surface area contributed by atoms with Gasteiger partial charge in [-0.3, -0.25) is 14.5 Å². The van der Waals surface area contributed by atoms with E-state index in [1.54, 1.807) is 30.3 Å². The second-order valence-corrected chi connectivity index (χ2v) is 6.88. The number of hydrogen-bond donors (Lipinski definition) is 1. The van der Waals surface area contributed by atoms with E-state index in [0.29, 0.717) is 22.8 Å². The summed E-state index contributed by atoms with van der Waals surface area (Å²) in [6.07, 6.45) is 1.57. The summed E-state index contributed by atoms with van der Waals surface area (Å²) in [4.78, 5) is 26.2. The van der Waals surface area contributed by atoms with Crippen LogP contribution < -0.4 is 19.5 Å². The van der Waals surface area contributed by atoms with E-state index < -0.39 is 17.0 Å². The number of benzene rings is 2. The van der Waals surface area contributed by atoms with Crippen molar-refractivity contribution >= 4 is 34.7 Å². The summed E-state index contributed by atoms with van der Waals surface area (Å²) in [6, 6.07) is 9.38. The van der Waals surface area contributed by atoms with Gasteiger partial charge in [0.15, 0.2) is 11.5 Å². The average Bonchev–Trinajstić information content (AvgIpc) is 2.99. The highest BCUT2D eigenvalue weighted by Gasteiger charge is 2.35. The van der Waals surface area contributed by atoms with Crippen LogP contribution in [0.5, 0.6) is 17.2 Å². The van der Waals surface area contributed by atoms with Crippen molar-refractivity contribution in [1.29, 1.82) is 0 Å². The van der Waals surface area contributed by atoms with Gasteiger partial charge in [0.2, 0.25) is 5.75 Å². The molecule has 1 aliphatic rings. The largest absolute Gasteiger partial charge is 0.493 e. The summed E-state index contributed by atoms with van der Waals surface area (Å²) in [5, 5.41) is 2.32. The molecule has 152 valence electrons. The quantitative estimate of drug-likeness (QED) is 0.682. The summed E-state index contributed by atoms with van der Waals surface area (Å²) in [6.45, 7) is -0.141. The smallest absolute Gasteiger partial charge is 0.295 e. The maximum Gasteiger partial charge on any atom is 0.295 e. The molecule has 1 aliphatic heterocycles. The third kappa shape index (κ3) is 4.29. The van der Waals surface area contributed by atoms with Crippen molar-refractivity contribution < 1.29 is 28.2 Å². The number of para-hydroxylation sites is 1. The van der Waals surface area contributed by atoms with Crippen LogP contribution in [0.4, 0.5) is 14.9 Å². The third-order valence-corrected chi connectivity index (χ3v) is 5.07. The van der Waals surface area contributed by atoms with E-state index in [1.807, 2.05) is 0 Å². The molecular formula is C20H19FN2O5S. The zero-order valence-electron chi connectivity index (χ0n) is 16.0. The zero-order valence-corrected chi connectivity index (χ0v) is 16.8. The van der Waals surface area contributed by atoms with Crippen molar-refractivity contribution in [2.24, 2.45) is 0 Å². The third-order valence-electron chi connectivity index (χ3n) is 4.16. The van der Waals surface area contributed by atoms with Crippen LogP contribution in [-0.2, 0) is 4.79 Å². The first-order valence-electron chi connectivity index (χ1n) is 8.52. The number of carbonyl (C=O) groups excluding carboxylic acids is 2. The Balaban J connectivity index is 1.82. The summed E-state index contributed by atoms with van der Waals surface area (Å²) >= 11 is 0.805. The van der Waals surface area contributed by atoms with Crippen LogP contribution >= 0.6 is 11.8 Å². The van der Waals surface area contributed by atoms with Gasteiger partial charge in [0.05, 0.1) is 38.6 Å². The predicted octanol–water partition coefficient (Wildman–Crippen LogP) is 3.96. The number of methoxy groups -OCH3 is 3. The molecule has 0 radical (unpaired) electrons. The number of nitrogens with zero attached hydrogens (tertiary/aromatic N) is 1. The minimum absolute atomic E-state index is 0.141. The van der Waals surface area contributed by atoms with Crippen LogP contribution in [0, 0.1) is 5.82 Å². The molecule has 0 unspecified atom stereocenters. The Morgan fingerprint density at radius 1 is 1.07 bits per heavy atom. The number of carbonyl (C=O) groups is 2. The van der Waals surface area contributed by atoms with Gasteiger partial charge >= 0.3 is 0 Å². The van der Waals surface area contributed by atoms with E-state index in [2.05, 4.69) is 5.32 Å². The lowest BCUT2D eigenvalue weighted by molar-refractivity contribution is -0.122. The normalized spacial score (nSPS) is 15.0. The van der Waals surface area contributed by atoms with Crippen LogP contribution in [0.3, 0.4) is 0 Å². The van der Waals surface area contributed by atoms with Gasteiger partial charge < -0.3 is 19.5 Å². The lowest BCUT2D eigenvalue weighted by Crippen LogP contribution is -2.33. The summed E-state index contributed by atoms with van der Waals surface area (Å²) in [5.74, 6) is 0.344. The topological polar surface area (TPSA) is 77.1 Å². The molecule has 2 aromatic rings. The Labute approximate surface area is 171 Å². The van der Waals surface area contributed by atoms with Crippen molar-refractivity contribution in [1.82, 2.24) is 4.90 Å². The number of imide groups is 1. The second kappa shape index (κ2) is 8.87. The molecule has 1 fully saturated rings. The van der Waals surface area contributed by atoms with E-state index in [4.69, 9.17) is 14.2 Å². The highest BCUT2D eigenvalue weighted by Crippen LogP contribution is 2.40. The fourth-order valence-electron chi connectivity index (χ4n) is 2.74. The predicted molar refractivity (Wildman–Crippen MR) is 109 cm³/mol. The number of thioether (sulfide) groups is 1. The van der Waals surface area contributed by atoms with Gasteiger partial charge in [-0.05, 0) is 47.7 Å². The van der Waals surface area contributed by atoms with Crippen molar-refractivity contribution in [3.63, 3.8) is 0 Å². The fourth-order valence-corrected chi connectivity index (χ4v) is 3.58. The van der Waals surface area contributed by atoms with Crippen molar-refractivity contribution in [2.75, 3.05) is 33.3 Å². The van der Waals surface area contributed by atoms with Crippen LogP contribution in [0.2, 0.25) is 0 Å². The molecule has 1 heterocycles. The summed E-state index contributed by atoms with van der Waals surface area (Å²) in [5.41, 5.74) is 0.812. The molecule has 2 aromatic carbocycles. The molecule has 7 nitrogen and oxygen atoms in total. The first kappa shape index (κ1) is 20.5. The molecule has 9 heteroatoms. The molecule has 0 atom stereocenters. The molecule has 0 saturated carbocycles. The molecule has 1 N–H and O–H groups in total. The SMILES string of the molecule is COc1cc(/C=C2\SC(=O)N(CNc3ccccc3F)C2=O)cc(OC)c1OC. The average molecular weight is 418 g/mol. The van der Waals surface area contributed by atoms with E-state index in [0.717, 1.165) is 16.7 Å². The molecule has 0 aliphatic carbocycles. The van der Waals surface area contributed by atoms with Gasteiger partial charge in [0, 0.05) is 0 Å². The molecule has 0 bridgehead atoms. The van der Waals surface area contributed by atoms with Gasteiger partial charge in [-0.25, -0.2) is 4.39 Å². The Morgan fingerprint density at radius 2 is 1.72 bits per heavy atom.